The van der Waals surface area contributed by atoms with Gasteiger partial charge in [0.05, 0.1) is 50.4 Å². The van der Waals surface area contributed by atoms with Crippen molar-refractivity contribution in [3.05, 3.63) is 55.6 Å². The number of nitrogens with zero attached hydrogens (tertiary/aromatic N) is 2. The van der Waals surface area contributed by atoms with E-state index in [-0.39, 0.29) is 37.7 Å². The minimum Gasteiger partial charge on any atom is -0.504 e. The minimum atomic E-state index is -1.49. The molecule has 34 heavy (non-hydrogen) atoms. The topological polar surface area (TPSA) is 198 Å². The lowest BCUT2D eigenvalue weighted by Crippen LogP contribution is -2.07. The summed E-state index contributed by atoms with van der Waals surface area (Å²) in [6, 6.07) is 3.96. The number of aromatic carboxylic acids is 1. The number of nitro benzene ring substituents is 2. The smallest absolute Gasteiger partial charge is 0.345 e. The Morgan fingerprint density at radius 1 is 0.765 bits per heavy atom. The van der Waals surface area contributed by atoms with Crippen molar-refractivity contribution >= 4 is 23.3 Å². The van der Waals surface area contributed by atoms with Crippen molar-refractivity contribution in [1.82, 2.24) is 0 Å². The van der Waals surface area contributed by atoms with Crippen molar-refractivity contribution in [1.29, 1.82) is 0 Å². The zero-order chi connectivity index (χ0) is 24.6. The fraction of sp³-hybridized carbons (Fsp3) is 0.300. The Hall–Kier alpha value is -4.62. The third kappa shape index (κ3) is 7.22. The molecule has 2 aromatic carbocycles. The number of carboxylic acid groups (broad SMARTS) is 1. The highest BCUT2D eigenvalue weighted by Crippen LogP contribution is 2.35. The number of ether oxygens (including phenoxy) is 4. The number of carbonyl (C=O) groups excluding carboxylic acids is 1. The molecule has 0 amide bonds. The minimum absolute atomic E-state index is 0. The van der Waals surface area contributed by atoms with E-state index in [1.165, 1.54) is 27.4 Å². The molecule has 0 aliphatic rings. The Morgan fingerprint density at radius 2 is 1.18 bits per heavy atom. The number of hydrogen-bond acceptors (Lipinski definition) is 11. The maximum Gasteiger partial charge on any atom is 0.345 e. The predicted molar refractivity (Wildman–Crippen MR) is 119 cm³/mol. The van der Waals surface area contributed by atoms with Crippen LogP contribution in [0, 0.1) is 20.2 Å². The molecule has 2 rings (SSSR count). The van der Waals surface area contributed by atoms with Gasteiger partial charge < -0.3 is 29.2 Å². The molecule has 0 atom stereocenters. The van der Waals surface area contributed by atoms with Gasteiger partial charge in [0, 0.05) is 12.1 Å². The van der Waals surface area contributed by atoms with Crippen LogP contribution >= 0.6 is 0 Å². The van der Waals surface area contributed by atoms with Gasteiger partial charge in [-0.05, 0) is 0 Å². The molecule has 0 aliphatic heterocycles. The van der Waals surface area contributed by atoms with Crippen molar-refractivity contribution in [3.63, 3.8) is 0 Å². The van der Waals surface area contributed by atoms with Gasteiger partial charge in [0.15, 0.2) is 23.0 Å². The van der Waals surface area contributed by atoms with Crippen LogP contribution in [0.5, 0.6) is 23.0 Å². The zero-order valence-electron chi connectivity index (χ0n) is 17.2. The number of nitro groups is 2. The third-order valence-corrected chi connectivity index (χ3v) is 3.83. The van der Waals surface area contributed by atoms with Gasteiger partial charge >= 0.3 is 11.9 Å². The molecule has 0 unspecified atom stereocenters. The number of hydrogen-bond donors (Lipinski definition) is 2. The quantitative estimate of drug-likeness (QED) is 0.327. The summed E-state index contributed by atoms with van der Waals surface area (Å²) in [6.07, 6.45) is 0. The summed E-state index contributed by atoms with van der Waals surface area (Å²) < 4.78 is 18.9. The van der Waals surface area contributed by atoms with Gasteiger partial charge in [-0.3, -0.25) is 20.2 Å². The van der Waals surface area contributed by atoms with Crippen molar-refractivity contribution < 1.29 is 48.6 Å². The molecule has 0 bridgehead atoms. The number of esters is 1. The van der Waals surface area contributed by atoms with E-state index in [0.29, 0.717) is 0 Å². The molecule has 0 radical (unpaired) electrons. The molecule has 0 fully saturated rings. The number of benzene rings is 2. The van der Waals surface area contributed by atoms with Gasteiger partial charge in [0.2, 0.25) is 0 Å². The lowest BCUT2D eigenvalue weighted by atomic mass is 10.1. The van der Waals surface area contributed by atoms with Crippen LogP contribution in [0.25, 0.3) is 0 Å². The van der Waals surface area contributed by atoms with Gasteiger partial charge in [-0.15, -0.1) is 0 Å². The van der Waals surface area contributed by atoms with E-state index >= 15 is 0 Å². The Bertz CT molecular complexity index is 1050. The van der Waals surface area contributed by atoms with E-state index < -0.39 is 44.5 Å². The third-order valence-electron chi connectivity index (χ3n) is 3.83. The van der Waals surface area contributed by atoms with Crippen molar-refractivity contribution in [2.75, 3.05) is 28.4 Å². The molecule has 0 spiro atoms. The van der Waals surface area contributed by atoms with Gasteiger partial charge in [-0.25, -0.2) is 9.59 Å². The molecule has 0 aromatic heterocycles. The second kappa shape index (κ2) is 13.7. The molecule has 0 aliphatic carbocycles. The monoisotopic (exact) mass is 486 g/mol. The largest absolute Gasteiger partial charge is 0.504 e. The van der Waals surface area contributed by atoms with Crippen LogP contribution < -0.4 is 14.2 Å². The normalized spacial score (nSPS) is 9.06. The lowest BCUT2D eigenvalue weighted by molar-refractivity contribution is -0.385. The SMILES string of the molecule is C.C.COC(=O)c1cc(OC)c(OC)cc1[N+](=O)[O-].COc1cc([N+](=O)[O-])c(C(=O)O)cc1O. The van der Waals surface area contributed by atoms with Crippen LogP contribution in [0.2, 0.25) is 0 Å². The van der Waals surface area contributed by atoms with Crippen LogP contribution in [0.4, 0.5) is 11.4 Å². The fourth-order valence-electron chi connectivity index (χ4n) is 2.34. The second-order valence-electron chi connectivity index (χ2n) is 5.58. The number of aromatic hydroxyl groups is 1. The summed E-state index contributed by atoms with van der Waals surface area (Å²) in [5, 5.41) is 39.2. The van der Waals surface area contributed by atoms with E-state index in [4.69, 9.17) is 14.6 Å². The van der Waals surface area contributed by atoms with Crippen molar-refractivity contribution in [2.24, 2.45) is 0 Å². The van der Waals surface area contributed by atoms with Gasteiger partial charge in [-0.2, -0.15) is 0 Å². The molecule has 0 saturated carbocycles. The molecule has 2 N–H and O–H groups in total. The predicted octanol–water partition coefficient (Wildman–Crippen LogP) is 3.68. The summed E-state index contributed by atoms with van der Waals surface area (Å²) >= 11 is 0. The number of carbonyl (C=O) groups is 2. The number of phenols is 1. The maximum atomic E-state index is 11.4. The summed E-state index contributed by atoms with van der Waals surface area (Å²) in [4.78, 5) is 41.8. The molecular weight excluding hydrogens is 460 g/mol. The van der Waals surface area contributed by atoms with E-state index in [1.807, 2.05) is 0 Å². The Kier molecular flexibility index (Phi) is 12.7. The first kappa shape index (κ1) is 31.6. The highest BCUT2D eigenvalue weighted by Gasteiger charge is 2.25. The summed E-state index contributed by atoms with van der Waals surface area (Å²) in [7, 11) is 5.06. The average Bonchev–Trinajstić information content (AvgIpc) is 2.77. The first-order valence-electron chi connectivity index (χ1n) is 8.29. The van der Waals surface area contributed by atoms with Crippen LogP contribution in [0.3, 0.4) is 0 Å². The fourth-order valence-corrected chi connectivity index (χ4v) is 2.34. The van der Waals surface area contributed by atoms with Crippen LogP contribution in [-0.2, 0) is 4.74 Å². The Labute approximate surface area is 194 Å². The summed E-state index contributed by atoms with van der Waals surface area (Å²) in [5.41, 5.74) is -1.79. The zero-order valence-corrected chi connectivity index (χ0v) is 17.2. The number of methoxy groups -OCH3 is 4. The van der Waals surface area contributed by atoms with Crippen LogP contribution in [-0.4, -0.2) is 60.4 Å². The highest BCUT2D eigenvalue weighted by molar-refractivity contribution is 5.95. The molecule has 14 heteroatoms. The summed E-state index contributed by atoms with van der Waals surface area (Å²) in [6.45, 7) is 0. The second-order valence-corrected chi connectivity index (χ2v) is 5.58. The molecule has 0 heterocycles. The van der Waals surface area contributed by atoms with E-state index in [2.05, 4.69) is 9.47 Å². The lowest BCUT2D eigenvalue weighted by Gasteiger charge is -2.09. The highest BCUT2D eigenvalue weighted by atomic mass is 16.6. The molecule has 14 nitrogen and oxygen atoms in total. The van der Waals surface area contributed by atoms with Crippen molar-refractivity contribution in [2.45, 2.75) is 14.9 Å². The first-order chi connectivity index (χ1) is 15.0. The van der Waals surface area contributed by atoms with Crippen molar-refractivity contribution in [3.8, 4) is 23.0 Å². The maximum absolute atomic E-state index is 11.4. The Morgan fingerprint density at radius 3 is 1.56 bits per heavy atom. The molecular formula is C20H26N2O12. The van der Waals surface area contributed by atoms with Crippen LogP contribution in [0.1, 0.15) is 35.6 Å². The van der Waals surface area contributed by atoms with Gasteiger partial charge in [-0.1, -0.05) is 14.9 Å². The Balaban J connectivity index is 0. The average molecular weight is 486 g/mol. The molecule has 188 valence electrons. The number of carboxylic acids is 1. The standard InChI is InChI=1S/C10H11NO6.C8H7NO6.2CH4/c1-15-8-4-6(10(12)17-3)7(11(13)14)5-9(8)16-2;1-15-7-3-5(9(13)14)4(8(11)12)2-6(7)10;;/h4-5H,1-3H3;2-3,10H,1H3,(H,11,12);2*1H4. The number of phenolic OH excluding ortho intramolecular Hbond substituents is 1. The first-order valence-corrected chi connectivity index (χ1v) is 8.29. The summed E-state index contributed by atoms with van der Waals surface area (Å²) in [5.74, 6) is -2.50. The van der Waals surface area contributed by atoms with Crippen LogP contribution in [0.15, 0.2) is 24.3 Å². The van der Waals surface area contributed by atoms with E-state index in [0.717, 1.165) is 25.3 Å². The molecule has 0 saturated heterocycles. The van der Waals surface area contributed by atoms with Gasteiger partial charge in [0.25, 0.3) is 11.4 Å². The van der Waals surface area contributed by atoms with E-state index in [9.17, 15) is 34.9 Å². The number of rotatable bonds is 7. The van der Waals surface area contributed by atoms with E-state index in [1.54, 1.807) is 0 Å². The van der Waals surface area contributed by atoms with Gasteiger partial charge in [0.1, 0.15) is 11.1 Å². The molecule has 2 aromatic rings.